The number of carbonyl (C=O) groups excluding carboxylic acids is 1. The normalized spacial score (nSPS) is 11.2. The predicted molar refractivity (Wildman–Crippen MR) is 98.8 cm³/mol. The molecule has 126 valence electrons. The molecular formula is C19H20BrFN2O. The lowest BCUT2D eigenvalue weighted by molar-refractivity contribution is -0.116. The second-order valence-electron chi connectivity index (χ2n) is 5.77. The maximum Gasteiger partial charge on any atom is 0.244 e. The fraction of sp³-hybridized carbons (Fsp3) is 0.211. The largest absolute Gasteiger partial charge is 0.348 e. The van der Waals surface area contributed by atoms with Gasteiger partial charge in [0, 0.05) is 29.2 Å². The summed E-state index contributed by atoms with van der Waals surface area (Å²) in [4.78, 5) is 14.0. The molecule has 0 heterocycles. The number of halogens is 2. The zero-order chi connectivity index (χ0) is 17.5. The number of amides is 1. The second kappa shape index (κ2) is 8.76. The first-order valence-corrected chi connectivity index (χ1v) is 8.37. The summed E-state index contributed by atoms with van der Waals surface area (Å²) < 4.78 is 14.4. The van der Waals surface area contributed by atoms with Crippen LogP contribution in [-0.4, -0.2) is 24.9 Å². The molecule has 0 radical (unpaired) electrons. The van der Waals surface area contributed by atoms with E-state index in [4.69, 9.17) is 0 Å². The molecular weight excluding hydrogens is 371 g/mol. The van der Waals surface area contributed by atoms with Gasteiger partial charge in [0.2, 0.25) is 5.91 Å². The molecule has 0 aromatic heterocycles. The molecule has 2 aromatic carbocycles. The Balaban J connectivity index is 1.88. The third-order valence-corrected chi connectivity index (χ3v) is 3.85. The first kappa shape index (κ1) is 18.4. The molecule has 2 aromatic rings. The third kappa shape index (κ3) is 5.91. The smallest absolute Gasteiger partial charge is 0.244 e. The van der Waals surface area contributed by atoms with Gasteiger partial charge in [0.15, 0.2) is 0 Å². The first-order valence-electron chi connectivity index (χ1n) is 7.57. The summed E-state index contributed by atoms with van der Waals surface area (Å²) >= 11 is 3.28. The summed E-state index contributed by atoms with van der Waals surface area (Å²) in [7, 11) is 4.04. The maximum absolute atomic E-state index is 13.6. The Labute approximate surface area is 150 Å². The molecule has 0 saturated heterocycles. The van der Waals surface area contributed by atoms with Crippen molar-refractivity contribution < 1.29 is 9.18 Å². The molecule has 24 heavy (non-hydrogen) atoms. The highest BCUT2D eigenvalue weighted by molar-refractivity contribution is 9.10. The van der Waals surface area contributed by atoms with Crippen LogP contribution in [0.4, 0.5) is 4.39 Å². The minimum absolute atomic E-state index is 0.258. The van der Waals surface area contributed by atoms with Crippen molar-refractivity contribution in [2.75, 3.05) is 14.1 Å². The molecule has 0 unspecified atom stereocenters. The molecule has 0 bridgehead atoms. The Morgan fingerprint density at radius 2 is 1.83 bits per heavy atom. The molecule has 0 aliphatic rings. The van der Waals surface area contributed by atoms with Gasteiger partial charge in [0.25, 0.3) is 0 Å². The predicted octanol–water partition coefficient (Wildman–Crippen LogP) is 3.98. The van der Waals surface area contributed by atoms with Crippen LogP contribution in [0.5, 0.6) is 0 Å². The van der Waals surface area contributed by atoms with Crippen molar-refractivity contribution in [2.45, 2.75) is 13.1 Å². The van der Waals surface area contributed by atoms with Gasteiger partial charge in [0.05, 0.1) is 0 Å². The van der Waals surface area contributed by atoms with E-state index >= 15 is 0 Å². The van der Waals surface area contributed by atoms with Crippen LogP contribution in [0.15, 0.2) is 53.0 Å². The highest BCUT2D eigenvalue weighted by atomic mass is 79.9. The van der Waals surface area contributed by atoms with Crippen LogP contribution in [0, 0.1) is 5.82 Å². The molecule has 0 saturated carbocycles. The van der Waals surface area contributed by atoms with Crippen molar-refractivity contribution in [1.82, 2.24) is 10.2 Å². The molecule has 2 rings (SSSR count). The Kier molecular flexibility index (Phi) is 6.70. The lowest BCUT2D eigenvalue weighted by Gasteiger charge is -2.10. The van der Waals surface area contributed by atoms with E-state index in [0.29, 0.717) is 12.1 Å². The summed E-state index contributed by atoms with van der Waals surface area (Å²) in [6.45, 7) is 1.32. The van der Waals surface area contributed by atoms with Crippen LogP contribution in [0.3, 0.4) is 0 Å². The fourth-order valence-corrected chi connectivity index (χ4v) is 2.56. The van der Waals surface area contributed by atoms with E-state index in [1.165, 1.54) is 23.8 Å². The van der Waals surface area contributed by atoms with Crippen LogP contribution in [-0.2, 0) is 17.9 Å². The minimum Gasteiger partial charge on any atom is -0.348 e. The quantitative estimate of drug-likeness (QED) is 0.756. The highest BCUT2D eigenvalue weighted by Gasteiger charge is 2.02. The van der Waals surface area contributed by atoms with E-state index in [0.717, 1.165) is 16.6 Å². The van der Waals surface area contributed by atoms with Crippen LogP contribution in [0.2, 0.25) is 0 Å². The van der Waals surface area contributed by atoms with Crippen molar-refractivity contribution in [3.63, 3.8) is 0 Å². The Morgan fingerprint density at radius 1 is 1.17 bits per heavy atom. The van der Waals surface area contributed by atoms with E-state index in [9.17, 15) is 9.18 Å². The van der Waals surface area contributed by atoms with Gasteiger partial charge >= 0.3 is 0 Å². The zero-order valence-corrected chi connectivity index (χ0v) is 15.3. The van der Waals surface area contributed by atoms with Crippen molar-refractivity contribution in [1.29, 1.82) is 0 Å². The van der Waals surface area contributed by atoms with Crippen LogP contribution < -0.4 is 5.32 Å². The van der Waals surface area contributed by atoms with E-state index in [2.05, 4.69) is 26.1 Å². The van der Waals surface area contributed by atoms with Gasteiger partial charge in [0.1, 0.15) is 5.82 Å². The lowest BCUT2D eigenvalue weighted by atomic mass is 10.1. The average Bonchev–Trinajstić information content (AvgIpc) is 2.54. The van der Waals surface area contributed by atoms with Gasteiger partial charge in [-0.15, -0.1) is 0 Å². The summed E-state index contributed by atoms with van der Waals surface area (Å²) in [5.74, 6) is -0.620. The van der Waals surface area contributed by atoms with Crippen molar-refractivity contribution >= 4 is 27.9 Å². The summed E-state index contributed by atoms with van der Waals surface area (Å²) in [6.07, 6.45) is 2.81. The average molecular weight is 391 g/mol. The van der Waals surface area contributed by atoms with E-state index in [1.54, 1.807) is 12.1 Å². The number of nitrogens with zero attached hydrogens (tertiary/aromatic N) is 1. The SMILES string of the molecule is CN(C)Cc1ccc(CNC(=O)/C=C/c2cc(Br)ccc2F)cc1. The van der Waals surface area contributed by atoms with Crippen molar-refractivity contribution in [2.24, 2.45) is 0 Å². The summed E-state index contributed by atoms with van der Waals surface area (Å²) in [5, 5.41) is 2.79. The Bertz CT molecular complexity index is 727. The van der Waals surface area contributed by atoms with Crippen LogP contribution >= 0.6 is 15.9 Å². The number of hydrogen-bond acceptors (Lipinski definition) is 2. The summed E-state index contributed by atoms with van der Waals surface area (Å²) in [5.41, 5.74) is 2.61. The van der Waals surface area contributed by atoms with Gasteiger partial charge in [-0.25, -0.2) is 4.39 Å². The molecule has 0 spiro atoms. The third-order valence-electron chi connectivity index (χ3n) is 3.36. The van der Waals surface area contributed by atoms with Gasteiger partial charge in [-0.2, -0.15) is 0 Å². The Hall–Kier alpha value is -1.98. The number of rotatable bonds is 6. The fourth-order valence-electron chi connectivity index (χ4n) is 2.18. The first-order chi connectivity index (χ1) is 11.4. The van der Waals surface area contributed by atoms with Crippen molar-refractivity contribution in [3.8, 4) is 0 Å². The lowest BCUT2D eigenvalue weighted by Crippen LogP contribution is -2.20. The van der Waals surface area contributed by atoms with Gasteiger partial charge in [-0.05, 0) is 49.5 Å². The number of carbonyl (C=O) groups is 1. The van der Waals surface area contributed by atoms with E-state index < -0.39 is 0 Å². The molecule has 0 aliphatic carbocycles. The molecule has 0 atom stereocenters. The highest BCUT2D eigenvalue weighted by Crippen LogP contribution is 2.16. The molecule has 3 nitrogen and oxygen atoms in total. The van der Waals surface area contributed by atoms with Gasteiger partial charge in [-0.3, -0.25) is 4.79 Å². The maximum atomic E-state index is 13.6. The topological polar surface area (TPSA) is 32.3 Å². The molecule has 1 N–H and O–H groups in total. The molecule has 1 amide bonds. The number of benzene rings is 2. The Morgan fingerprint density at radius 3 is 2.50 bits per heavy atom. The number of nitrogens with one attached hydrogen (secondary N) is 1. The minimum atomic E-state index is -0.362. The van der Waals surface area contributed by atoms with Crippen LogP contribution in [0.25, 0.3) is 6.08 Å². The molecule has 5 heteroatoms. The van der Waals surface area contributed by atoms with E-state index in [1.807, 2.05) is 38.4 Å². The molecule has 0 fully saturated rings. The zero-order valence-electron chi connectivity index (χ0n) is 13.7. The number of hydrogen-bond donors (Lipinski definition) is 1. The van der Waals surface area contributed by atoms with E-state index in [-0.39, 0.29) is 11.7 Å². The monoisotopic (exact) mass is 390 g/mol. The second-order valence-corrected chi connectivity index (χ2v) is 6.69. The van der Waals surface area contributed by atoms with Gasteiger partial charge in [-0.1, -0.05) is 40.2 Å². The van der Waals surface area contributed by atoms with Crippen LogP contribution in [0.1, 0.15) is 16.7 Å². The van der Waals surface area contributed by atoms with Gasteiger partial charge < -0.3 is 10.2 Å². The van der Waals surface area contributed by atoms with Crippen molar-refractivity contribution in [3.05, 3.63) is 75.5 Å². The standard InChI is InChI=1S/C19H20BrFN2O/c1-23(2)13-15-5-3-14(4-6-15)12-22-19(24)10-7-16-11-17(20)8-9-18(16)21/h3-11H,12-13H2,1-2H3,(H,22,24)/b10-7+. The summed E-state index contributed by atoms with van der Waals surface area (Å²) in [6, 6.07) is 12.7. The molecule has 0 aliphatic heterocycles.